The molecule has 0 spiro atoms. The van der Waals surface area contributed by atoms with Crippen molar-refractivity contribution in [3.8, 4) is 0 Å². The molecule has 1 N–H and O–H groups in total. The predicted octanol–water partition coefficient (Wildman–Crippen LogP) is 2.69. The van der Waals surface area contributed by atoms with E-state index in [2.05, 4.69) is 0 Å². The number of rotatable bonds is 5. The summed E-state index contributed by atoms with van der Waals surface area (Å²) >= 11 is 0. The van der Waals surface area contributed by atoms with E-state index in [1.165, 1.54) is 11.8 Å². The maximum absolute atomic E-state index is 12.1. The van der Waals surface area contributed by atoms with Crippen molar-refractivity contribution in [3.63, 3.8) is 0 Å². The number of nitrogens with zero attached hydrogens (tertiary/aromatic N) is 1. The van der Waals surface area contributed by atoms with Crippen LogP contribution in [0.5, 0.6) is 0 Å². The first-order valence-corrected chi connectivity index (χ1v) is 10.5. The second kappa shape index (κ2) is 7.63. The Morgan fingerprint density at radius 1 is 1.13 bits per heavy atom. The van der Waals surface area contributed by atoms with Crippen LogP contribution in [0.15, 0.2) is 0 Å². The third-order valence-corrected chi connectivity index (χ3v) is 9.05. The Labute approximate surface area is 139 Å². The Bertz CT molecular complexity index is 425. The maximum atomic E-state index is 12.1. The second-order valence-corrected chi connectivity index (χ2v) is 13.0. The molecule has 0 unspecified atom stereocenters. The Morgan fingerprint density at radius 3 is 1.91 bits per heavy atom. The lowest BCUT2D eigenvalue weighted by Crippen LogP contribution is -2.62. The molecule has 0 radical (unpaired) electrons. The van der Waals surface area contributed by atoms with Gasteiger partial charge in [0.25, 0.3) is 0 Å². The number of methoxy groups -OCH3 is 1. The van der Waals surface area contributed by atoms with Crippen molar-refractivity contribution < 1.29 is 29.0 Å². The lowest BCUT2D eigenvalue weighted by atomic mass is 10.2. The molecule has 0 aliphatic rings. The van der Waals surface area contributed by atoms with Crippen LogP contribution in [0.25, 0.3) is 0 Å². The zero-order chi connectivity index (χ0) is 18.6. The number of aliphatic hydroxyl groups is 1. The van der Waals surface area contributed by atoms with Crippen LogP contribution < -0.4 is 0 Å². The molecule has 0 bridgehead atoms. The number of esters is 1. The van der Waals surface area contributed by atoms with E-state index in [1.807, 2.05) is 33.9 Å². The van der Waals surface area contributed by atoms with Gasteiger partial charge >= 0.3 is 12.1 Å². The average molecular weight is 350 g/mol. The minimum atomic E-state index is -2.49. The first-order chi connectivity index (χ1) is 10.2. The highest BCUT2D eigenvalue weighted by atomic mass is 28.3. The van der Waals surface area contributed by atoms with Crippen LogP contribution in [0, 0.1) is 0 Å². The summed E-state index contributed by atoms with van der Waals surface area (Å²) in [6.45, 7) is 14.5. The lowest BCUT2D eigenvalue weighted by molar-refractivity contribution is -0.167. The summed E-state index contributed by atoms with van der Waals surface area (Å²) in [7, 11) is -1.26. The van der Waals surface area contributed by atoms with Gasteiger partial charge in [-0.25, -0.2) is 4.79 Å². The summed E-state index contributed by atoms with van der Waals surface area (Å²) in [5.41, 5.74) is -0.726. The molecule has 0 aromatic carbocycles. The first-order valence-electron chi connectivity index (χ1n) is 7.56. The van der Waals surface area contributed by atoms with Crippen molar-refractivity contribution >= 4 is 20.4 Å². The van der Waals surface area contributed by atoms with Crippen LogP contribution in [0.3, 0.4) is 0 Å². The van der Waals surface area contributed by atoms with E-state index in [9.17, 15) is 14.7 Å². The standard InChI is InChI=1S/C15H31NO6Si/c1-14(2,3)21-13(19)22-16(11(10-17)12(18)20-7)23(8,9)15(4,5)6/h11,17H,10H2,1-9H3/t11-/m0/s1. The first kappa shape index (κ1) is 21.9. The fourth-order valence-corrected chi connectivity index (χ4v) is 3.56. The average Bonchev–Trinajstić information content (AvgIpc) is 2.34. The van der Waals surface area contributed by atoms with Crippen molar-refractivity contribution in [2.75, 3.05) is 13.7 Å². The van der Waals surface area contributed by atoms with Crippen LogP contribution >= 0.6 is 0 Å². The molecule has 0 heterocycles. The zero-order valence-corrected chi connectivity index (χ0v) is 16.7. The number of carbonyl (C=O) groups is 2. The van der Waals surface area contributed by atoms with E-state index in [1.54, 1.807) is 20.8 Å². The Balaban J connectivity index is 5.64. The van der Waals surface area contributed by atoms with Crippen molar-refractivity contribution in [1.82, 2.24) is 4.73 Å². The predicted molar refractivity (Wildman–Crippen MR) is 89.2 cm³/mol. The van der Waals surface area contributed by atoms with Crippen molar-refractivity contribution in [2.45, 2.75) is 71.3 Å². The normalized spacial score (nSPS) is 14.4. The Morgan fingerprint density at radius 2 is 1.61 bits per heavy atom. The number of aliphatic hydroxyl groups excluding tert-OH is 1. The molecule has 0 saturated carbocycles. The summed E-state index contributed by atoms with van der Waals surface area (Å²) in [6.07, 6.45) is -0.912. The molecule has 136 valence electrons. The lowest BCUT2D eigenvalue weighted by Gasteiger charge is -2.45. The summed E-state index contributed by atoms with van der Waals surface area (Å²) in [6, 6.07) is -1.09. The fraction of sp³-hybridized carbons (Fsp3) is 0.867. The Hall–Kier alpha value is -1.12. The van der Waals surface area contributed by atoms with E-state index < -0.39 is 38.6 Å². The van der Waals surface area contributed by atoms with E-state index in [4.69, 9.17) is 14.3 Å². The molecule has 0 rings (SSSR count). The highest BCUT2D eigenvalue weighted by molar-refractivity contribution is 6.77. The van der Waals surface area contributed by atoms with Gasteiger partial charge in [-0.3, -0.25) is 4.79 Å². The third kappa shape index (κ3) is 6.12. The largest absolute Gasteiger partial charge is 0.527 e. The molecule has 0 aliphatic carbocycles. The fourth-order valence-electron chi connectivity index (χ4n) is 1.63. The maximum Gasteiger partial charge on any atom is 0.527 e. The molecule has 0 fully saturated rings. The summed E-state index contributed by atoms with van der Waals surface area (Å²) in [5, 5.41) is 9.38. The van der Waals surface area contributed by atoms with E-state index in [0.29, 0.717) is 0 Å². The SMILES string of the molecule is COC(=O)[C@H](CO)N(OC(=O)OC(C)(C)C)[Si](C)(C)C(C)(C)C. The number of ether oxygens (including phenoxy) is 2. The van der Waals surface area contributed by atoms with Crippen molar-refractivity contribution in [3.05, 3.63) is 0 Å². The van der Waals surface area contributed by atoms with Gasteiger partial charge in [0.1, 0.15) is 5.60 Å². The molecular formula is C15H31NO6Si. The van der Waals surface area contributed by atoms with Crippen molar-refractivity contribution in [1.29, 1.82) is 0 Å². The monoisotopic (exact) mass is 349 g/mol. The van der Waals surface area contributed by atoms with Crippen molar-refractivity contribution in [2.24, 2.45) is 0 Å². The van der Waals surface area contributed by atoms with Crippen LogP contribution in [-0.2, 0) is 19.1 Å². The smallest absolute Gasteiger partial charge is 0.468 e. The molecule has 0 saturated heterocycles. The molecule has 0 aromatic rings. The van der Waals surface area contributed by atoms with E-state index in [0.717, 1.165) is 0 Å². The molecular weight excluding hydrogens is 318 g/mol. The third-order valence-electron chi connectivity index (χ3n) is 3.88. The Kier molecular flexibility index (Phi) is 7.26. The van der Waals surface area contributed by atoms with Gasteiger partial charge in [-0.2, -0.15) is 0 Å². The van der Waals surface area contributed by atoms with Gasteiger partial charge in [0.2, 0.25) is 0 Å². The second-order valence-electron chi connectivity index (χ2n) is 7.91. The molecule has 0 amide bonds. The van der Waals surface area contributed by atoms with Gasteiger partial charge < -0.3 is 19.4 Å². The van der Waals surface area contributed by atoms with Gasteiger partial charge in [0, 0.05) is 0 Å². The topological polar surface area (TPSA) is 85.3 Å². The minimum Gasteiger partial charge on any atom is -0.468 e. The molecule has 8 heteroatoms. The summed E-state index contributed by atoms with van der Waals surface area (Å²) in [4.78, 5) is 29.4. The highest BCUT2D eigenvalue weighted by Crippen LogP contribution is 2.39. The number of hydroxylamine groups is 1. The zero-order valence-electron chi connectivity index (χ0n) is 15.7. The number of carbonyl (C=O) groups excluding carboxylic acids is 2. The molecule has 0 aliphatic heterocycles. The van der Waals surface area contributed by atoms with E-state index in [-0.39, 0.29) is 5.04 Å². The molecule has 23 heavy (non-hydrogen) atoms. The molecule has 7 nitrogen and oxygen atoms in total. The van der Waals surface area contributed by atoms with Gasteiger partial charge in [-0.1, -0.05) is 33.9 Å². The minimum absolute atomic E-state index is 0.240. The highest BCUT2D eigenvalue weighted by Gasteiger charge is 2.49. The summed E-state index contributed by atoms with van der Waals surface area (Å²) in [5.74, 6) is -0.666. The van der Waals surface area contributed by atoms with Gasteiger partial charge in [-0.15, -0.1) is 4.73 Å². The van der Waals surface area contributed by atoms with Crippen LogP contribution in [0.1, 0.15) is 41.5 Å². The van der Waals surface area contributed by atoms with E-state index >= 15 is 0 Å². The van der Waals surface area contributed by atoms with Gasteiger partial charge in [0.15, 0.2) is 14.3 Å². The van der Waals surface area contributed by atoms with Gasteiger partial charge in [0.05, 0.1) is 13.7 Å². The number of hydrogen-bond donors (Lipinski definition) is 1. The summed E-state index contributed by atoms with van der Waals surface area (Å²) < 4.78 is 11.2. The molecule has 0 aromatic heterocycles. The number of hydrogen-bond acceptors (Lipinski definition) is 7. The van der Waals surface area contributed by atoms with Crippen LogP contribution in [0.2, 0.25) is 18.1 Å². The van der Waals surface area contributed by atoms with Crippen LogP contribution in [0.4, 0.5) is 4.79 Å². The molecule has 1 atom stereocenters. The van der Waals surface area contributed by atoms with Gasteiger partial charge in [-0.05, 0) is 25.8 Å². The van der Waals surface area contributed by atoms with Crippen LogP contribution in [-0.4, -0.2) is 55.6 Å². The quantitative estimate of drug-likeness (QED) is 0.464.